The molecule has 0 bridgehead atoms. The Labute approximate surface area is 104 Å². The van der Waals surface area contributed by atoms with Crippen LogP contribution in [-0.2, 0) is 4.79 Å². The number of carboxylic acids is 1. The van der Waals surface area contributed by atoms with Gasteiger partial charge in [-0.15, -0.1) is 0 Å². The highest BCUT2D eigenvalue weighted by molar-refractivity contribution is 5.74. The van der Waals surface area contributed by atoms with Crippen molar-refractivity contribution in [2.45, 2.75) is 65.4 Å². The molecule has 1 atom stereocenters. The smallest absolute Gasteiger partial charge is 0.309 e. The zero-order valence-corrected chi connectivity index (χ0v) is 11.3. The molecular formula is C14H26O3. The first kappa shape index (κ1) is 14.5. The number of rotatable bonds is 5. The molecule has 1 fully saturated rings. The quantitative estimate of drug-likeness (QED) is 0.779. The molecule has 0 aliphatic heterocycles. The van der Waals surface area contributed by atoms with Crippen molar-refractivity contribution in [1.29, 1.82) is 0 Å². The Kier molecular flexibility index (Phi) is 4.99. The maximum Gasteiger partial charge on any atom is 0.309 e. The lowest BCUT2D eigenvalue weighted by Gasteiger charge is -2.39. The predicted octanol–water partition coefficient (Wildman–Crippen LogP) is 3.06. The number of carbonyl (C=O) groups is 1. The lowest BCUT2D eigenvalue weighted by molar-refractivity contribution is -0.154. The van der Waals surface area contributed by atoms with E-state index in [9.17, 15) is 15.0 Å². The highest BCUT2D eigenvalue weighted by atomic mass is 16.4. The fourth-order valence-electron chi connectivity index (χ4n) is 2.96. The molecule has 0 aromatic rings. The van der Waals surface area contributed by atoms with Crippen molar-refractivity contribution in [3.8, 4) is 0 Å². The molecule has 3 heteroatoms. The summed E-state index contributed by atoms with van der Waals surface area (Å²) >= 11 is 0. The minimum atomic E-state index is -0.716. The van der Waals surface area contributed by atoms with Crippen LogP contribution in [-0.4, -0.2) is 22.3 Å². The summed E-state index contributed by atoms with van der Waals surface area (Å²) in [6.07, 6.45) is 4.01. The van der Waals surface area contributed by atoms with E-state index in [1.807, 2.05) is 6.92 Å². The average molecular weight is 242 g/mol. The van der Waals surface area contributed by atoms with Gasteiger partial charge in [0.05, 0.1) is 11.5 Å². The predicted molar refractivity (Wildman–Crippen MR) is 67.8 cm³/mol. The van der Waals surface area contributed by atoms with Gasteiger partial charge in [-0.25, -0.2) is 0 Å². The zero-order chi connectivity index (χ0) is 13.1. The van der Waals surface area contributed by atoms with Gasteiger partial charge in [0, 0.05) is 0 Å². The lowest BCUT2D eigenvalue weighted by atomic mass is 9.65. The van der Waals surface area contributed by atoms with Crippen LogP contribution < -0.4 is 0 Å². The van der Waals surface area contributed by atoms with Crippen LogP contribution >= 0.6 is 0 Å². The van der Waals surface area contributed by atoms with Crippen LogP contribution in [0.2, 0.25) is 0 Å². The lowest BCUT2D eigenvalue weighted by Crippen LogP contribution is -2.39. The van der Waals surface area contributed by atoms with Gasteiger partial charge in [-0.05, 0) is 50.4 Å². The van der Waals surface area contributed by atoms with Crippen LogP contribution in [0.5, 0.6) is 0 Å². The van der Waals surface area contributed by atoms with E-state index in [0.717, 1.165) is 25.7 Å². The molecule has 0 heterocycles. The van der Waals surface area contributed by atoms with Crippen molar-refractivity contribution in [3.05, 3.63) is 0 Å². The van der Waals surface area contributed by atoms with Crippen molar-refractivity contribution in [3.63, 3.8) is 0 Å². The summed E-state index contributed by atoms with van der Waals surface area (Å²) in [4.78, 5) is 11.5. The third-order valence-electron chi connectivity index (χ3n) is 4.48. The molecule has 0 aromatic heterocycles. The summed E-state index contributed by atoms with van der Waals surface area (Å²) in [6.45, 7) is 6.32. The van der Waals surface area contributed by atoms with Crippen molar-refractivity contribution in [2.24, 2.45) is 17.3 Å². The molecule has 1 rings (SSSR count). The van der Waals surface area contributed by atoms with E-state index in [2.05, 4.69) is 13.8 Å². The van der Waals surface area contributed by atoms with Crippen molar-refractivity contribution >= 4 is 5.97 Å². The Balaban J connectivity index is 2.67. The van der Waals surface area contributed by atoms with Crippen molar-refractivity contribution < 1.29 is 15.0 Å². The van der Waals surface area contributed by atoms with Crippen molar-refractivity contribution in [2.75, 3.05) is 0 Å². The number of aliphatic hydroxyl groups excluding tert-OH is 1. The summed E-state index contributed by atoms with van der Waals surface area (Å²) in [6, 6.07) is 0. The standard InChI is InChI=1S/C14H26O3/c1-4-12(15)9-14(13(16)17)7-5-11(6-8-14)10(2)3/h10-12,15H,4-9H2,1-3H3,(H,16,17). The maximum atomic E-state index is 11.5. The molecule has 3 nitrogen and oxygen atoms in total. The van der Waals surface area contributed by atoms with Gasteiger partial charge in [-0.1, -0.05) is 20.8 Å². The Bertz CT molecular complexity index is 252. The summed E-state index contributed by atoms with van der Waals surface area (Å²) in [5.41, 5.74) is -0.666. The van der Waals surface area contributed by atoms with E-state index in [1.165, 1.54) is 0 Å². The first-order valence-electron chi connectivity index (χ1n) is 6.82. The van der Waals surface area contributed by atoms with Crippen LogP contribution in [0.15, 0.2) is 0 Å². The van der Waals surface area contributed by atoms with E-state index >= 15 is 0 Å². The third kappa shape index (κ3) is 3.44. The molecule has 1 aliphatic rings. The normalized spacial score (nSPS) is 31.5. The molecule has 0 radical (unpaired) electrons. The fraction of sp³-hybridized carbons (Fsp3) is 0.929. The SMILES string of the molecule is CCC(O)CC1(C(=O)O)CCC(C(C)C)CC1. The summed E-state index contributed by atoms with van der Waals surface area (Å²) in [5, 5.41) is 19.2. The number of hydrogen-bond donors (Lipinski definition) is 2. The average Bonchev–Trinajstić information content (AvgIpc) is 2.29. The molecular weight excluding hydrogens is 216 g/mol. The Morgan fingerprint density at radius 2 is 1.88 bits per heavy atom. The maximum absolute atomic E-state index is 11.5. The number of aliphatic carboxylic acids is 1. The summed E-state index contributed by atoms with van der Waals surface area (Å²) in [5.74, 6) is 0.575. The molecule has 1 aliphatic carbocycles. The molecule has 1 unspecified atom stereocenters. The monoisotopic (exact) mass is 242 g/mol. The van der Waals surface area contributed by atoms with Crippen molar-refractivity contribution in [1.82, 2.24) is 0 Å². The molecule has 2 N–H and O–H groups in total. The first-order chi connectivity index (χ1) is 7.91. The van der Waals surface area contributed by atoms with Gasteiger partial charge < -0.3 is 10.2 Å². The number of aliphatic hydroxyl groups is 1. The van der Waals surface area contributed by atoms with Gasteiger partial charge in [0.2, 0.25) is 0 Å². The third-order valence-corrected chi connectivity index (χ3v) is 4.48. The van der Waals surface area contributed by atoms with Gasteiger partial charge in [-0.3, -0.25) is 4.79 Å². The van der Waals surface area contributed by atoms with E-state index in [4.69, 9.17) is 0 Å². The van der Waals surface area contributed by atoms with E-state index < -0.39 is 17.5 Å². The van der Waals surface area contributed by atoms with Gasteiger partial charge in [0.15, 0.2) is 0 Å². The van der Waals surface area contributed by atoms with Crippen LogP contribution in [0.25, 0.3) is 0 Å². The second-order valence-corrected chi connectivity index (χ2v) is 5.93. The fourth-order valence-corrected chi connectivity index (χ4v) is 2.96. The van der Waals surface area contributed by atoms with Gasteiger partial charge >= 0.3 is 5.97 Å². The minimum absolute atomic E-state index is 0.420. The largest absolute Gasteiger partial charge is 0.481 e. The topological polar surface area (TPSA) is 57.5 Å². The van der Waals surface area contributed by atoms with Crippen LogP contribution in [0.4, 0.5) is 0 Å². The Hall–Kier alpha value is -0.570. The second kappa shape index (κ2) is 5.85. The molecule has 100 valence electrons. The van der Waals surface area contributed by atoms with Crippen LogP contribution in [0.1, 0.15) is 59.3 Å². The molecule has 0 aromatic carbocycles. The summed E-state index contributed by atoms with van der Waals surface area (Å²) in [7, 11) is 0. The van der Waals surface area contributed by atoms with E-state index in [0.29, 0.717) is 24.7 Å². The Morgan fingerprint density at radius 1 is 1.35 bits per heavy atom. The van der Waals surface area contributed by atoms with Gasteiger partial charge in [0.25, 0.3) is 0 Å². The molecule has 17 heavy (non-hydrogen) atoms. The number of hydrogen-bond acceptors (Lipinski definition) is 2. The number of carboxylic acid groups (broad SMARTS) is 1. The Morgan fingerprint density at radius 3 is 2.24 bits per heavy atom. The second-order valence-electron chi connectivity index (χ2n) is 5.93. The minimum Gasteiger partial charge on any atom is -0.481 e. The highest BCUT2D eigenvalue weighted by Gasteiger charge is 2.43. The molecule has 1 saturated carbocycles. The molecule has 0 amide bonds. The van der Waals surface area contributed by atoms with E-state index in [1.54, 1.807) is 0 Å². The highest BCUT2D eigenvalue weighted by Crippen LogP contribution is 2.44. The van der Waals surface area contributed by atoms with Crippen LogP contribution in [0, 0.1) is 17.3 Å². The molecule has 0 spiro atoms. The summed E-state index contributed by atoms with van der Waals surface area (Å²) < 4.78 is 0. The zero-order valence-electron chi connectivity index (χ0n) is 11.3. The van der Waals surface area contributed by atoms with Gasteiger partial charge in [0.1, 0.15) is 0 Å². The first-order valence-corrected chi connectivity index (χ1v) is 6.82. The molecule has 0 saturated heterocycles. The van der Waals surface area contributed by atoms with Crippen LogP contribution in [0.3, 0.4) is 0 Å². The van der Waals surface area contributed by atoms with Gasteiger partial charge in [-0.2, -0.15) is 0 Å². The van der Waals surface area contributed by atoms with E-state index in [-0.39, 0.29) is 0 Å².